The van der Waals surface area contributed by atoms with Crippen molar-refractivity contribution >= 4 is 23.4 Å². The number of para-hydroxylation sites is 1. The predicted molar refractivity (Wildman–Crippen MR) is 133 cm³/mol. The van der Waals surface area contributed by atoms with E-state index in [1.54, 1.807) is 0 Å². The van der Waals surface area contributed by atoms with Gasteiger partial charge in [0.25, 0.3) is 0 Å². The minimum atomic E-state index is -0.943. The van der Waals surface area contributed by atoms with E-state index in [4.69, 9.17) is 0 Å². The molecule has 0 radical (unpaired) electrons. The first kappa shape index (κ1) is 25.2. The van der Waals surface area contributed by atoms with Gasteiger partial charge in [-0.25, -0.2) is 0 Å². The second kappa shape index (κ2) is 9.27. The first-order chi connectivity index (χ1) is 16.4. The van der Waals surface area contributed by atoms with Crippen LogP contribution in [0.3, 0.4) is 0 Å². The number of hydrogen-bond donors (Lipinski definition) is 2. The fraction of sp³-hybridized carbons (Fsp3) is 0.630. The van der Waals surface area contributed by atoms with Gasteiger partial charge in [0.1, 0.15) is 12.1 Å². The van der Waals surface area contributed by atoms with E-state index in [0.29, 0.717) is 12.3 Å². The number of nitriles is 1. The Bertz CT molecular complexity index is 1050. The Kier molecular flexibility index (Phi) is 6.67. The number of hydrogen-bond acceptors (Lipinski definition) is 5. The molecule has 4 rings (SSSR count). The Hall–Kier alpha value is -2.92. The third kappa shape index (κ3) is 5.06. The Morgan fingerprint density at radius 2 is 1.97 bits per heavy atom. The first-order valence-electron chi connectivity index (χ1n) is 12.5. The molecule has 2 N–H and O–H groups in total. The highest BCUT2D eigenvalue weighted by Gasteiger charge is 2.56. The van der Waals surface area contributed by atoms with E-state index in [0.717, 1.165) is 30.5 Å². The van der Waals surface area contributed by atoms with Gasteiger partial charge in [-0.2, -0.15) is 5.26 Å². The molecule has 4 atom stereocenters. The first-order valence-corrected chi connectivity index (χ1v) is 12.5. The molecule has 188 valence electrons. The van der Waals surface area contributed by atoms with Gasteiger partial charge in [0.2, 0.25) is 17.7 Å². The molecule has 1 spiro atoms. The zero-order valence-corrected chi connectivity index (χ0v) is 21.4. The van der Waals surface area contributed by atoms with Gasteiger partial charge < -0.3 is 15.5 Å². The van der Waals surface area contributed by atoms with E-state index in [1.807, 2.05) is 64.0 Å². The summed E-state index contributed by atoms with van der Waals surface area (Å²) in [5.41, 5.74) is 0.390. The zero-order valence-electron chi connectivity index (χ0n) is 21.4. The summed E-state index contributed by atoms with van der Waals surface area (Å²) >= 11 is 0. The fourth-order valence-corrected chi connectivity index (χ4v) is 5.49. The molecule has 0 bridgehead atoms. The smallest absolute Gasteiger partial charge is 0.246 e. The summed E-state index contributed by atoms with van der Waals surface area (Å²) in [4.78, 5) is 43.8. The van der Waals surface area contributed by atoms with Crippen LogP contribution in [0.2, 0.25) is 0 Å². The van der Waals surface area contributed by atoms with E-state index >= 15 is 0 Å². The molecule has 3 aliphatic rings. The summed E-state index contributed by atoms with van der Waals surface area (Å²) in [6.07, 6.45) is 3.75. The van der Waals surface area contributed by atoms with Gasteiger partial charge in [0.15, 0.2) is 0 Å². The van der Waals surface area contributed by atoms with Crippen molar-refractivity contribution in [3.05, 3.63) is 29.8 Å². The minimum absolute atomic E-state index is 0.128. The SMILES string of the molecule is CN(C)[C@@H](CC1CC1)C(=O)N[C@@H](CC(C)(C)C)C(=O)N1C[C@]2(C[C@H]1C#N)C(=O)Nc1ccccc12. The second-order valence-corrected chi connectivity index (χ2v) is 11.9. The number of anilines is 1. The molecule has 1 aliphatic carbocycles. The molecule has 1 saturated carbocycles. The monoisotopic (exact) mass is 479 g/mol. The molecule has 2 aliphatic heterocycles. The molecule has 8 heteroatoms. The van der Waals surface area contributed by atoms with Gasteiger partial charge in [0, 0.05) is 18.7 Å². The highest BCUT2D eigenvalue weighted by molar-refractivity contribution is 6.07. The number of carbonyl (C=O) groups is 3. The van der Waals surface area contributed by atoms with Crippen LogP contribution in [0.5, 0.6) is 0 Å². The lowest BCUT2D eigenvalue weighted by Crippen LogP contribution is -2.55. The van der Waals surface area contributed by atoms with E-state index in [9.17, 15) is 19.6 Å². The van der Waals surface area contributed by atoms with Gasteiger partial charge in [-0.15, -0.1) is 0 Å². The molecule has 0 aromatic heterocycles. The summed E-state index contributed by atoms with van der Waals surface area (Å²) in [5, 5.41) is 15.9. The number of likely N-dealkylation sites (tertiary alicyclic amines) is 1. The van der Waals surface area contributed by atoms with Crippen LogP contribution in [-0.4, -0.2) is 66.3 Å². The lowest BCUT2D eigenvalue weighted by molar-refractivity contribution is -0.139. The van der Waals surface area contributed by atoms with Gasteiger partial charge in [-0.05, 0) is 49.9 Å². The topological polar surface area (TPSA) is 106 Å². The summed E-state index contributed by atoms with van der Waals surface area (Å²) in [5.74, 6) is -0.0660. The van der Waals surface area contributed by atoms with Gasteiger partial charge in [0.05, 0.1) is 17.5 Å². The highest BCUT2D eigenvalue weighted by Crippen LogP contribution is 2.46. The van der Waals surface area contributed by atoms with Crippen LogP contribution in [0.4, 0.5) is 5.69 Å². The minimum Gasteiger partial charge on any atom is -0.343 e. The van der Waals surface area contributed by atoms with Crippen molar-refractivity contribution in [2.24, 2.45) is 11.3 Å². The number of nitrogens with zero attached hydrogens (tertiary/aromatic N) is 3. The maximum Gasteiger partial charge on any atom is 0.246 e. The molecule has 2 heterocycles. The van der Waals surface area contributed by atoms with Gasteiger partial charge in [-0.1, -0.05) is 51.8 Å². The molecule has 8 nitrogen and oxygen atoms in total. The quantitative estimate of drug-likeness (QED) is 0.626. The average Bonchev–Trinajstić information content (AvgIpc) is 3.46. The second-order valence-electron chi connectivity index (χ2n) is 11.9. The lowest BCUT2D eigenvalue weighted by Gasteiger charge is -2.33. The van der Waals surface area contributed by atoms with E-state index in [2.05, 4.69) is 16.7 Å². The van der Waals surface area contributed by atoms with Crippen LogP contribution >= 0.6 is 0 Å². The van der Waals surface area contributed by atoms with Crippen LogP contribution in [0.15, 0.2) is 24.3 Å². The normalized spacial score (nSPS) is 25.2. The number of carbonyl (C=O) groups excluding carboxylic acids is 3. The molecule has 2 fully saturated rings. The highest BCUT2D eigenvalue weighted by atomic mass is 16.2. The van der Waals surface area contributed by atoms with E-state index in [1.165, 1.54) is 4.90 Å². The van der Waals surface area contributed by atoms with Gasteiger partial charge >= 0.3 is 0 Å². The summed E-state index contributed by atoms with van der Waals surface area (Å²) < 4.78 is 0. The molecular formula is C27H37N5O3. The number of amides is 3. The fourth-order valence-electron chi connectivity index (χ4n) is 5.49. The third-order valence-corrected chi connectivity index (χ3v) is 7.53. The van der Waals surface area contributed by atoms with Crippen molar-refractivity contribution < 1.29 is 14.4 Å². The van der Waals surface area contributed by atoms with Crippen LogP contribution in [0, 0.1) is 22.7 Å². The van der Waals surface area contributed by atoms with Crippen LogP contribution in [0.25, 0.3) is 0 Å². The van der Waals surface area contributed by atoms with E-state index in [-0.39, 0.29) is 42.1 Å². The zero-order chi connectivity index (χ0) is 25.5. The number of likely N-dealkylation sites (N-methyl/N-ethyl adjacent to an activating group) is 1. The Morgan fingerprint density at radius 3 is 2.57 bits per heavy atom. The Balaban J connectivity index is 1.59. The summed E-state index contributed by atoms with van der Waals surface area (Å²) in [6, 6.07) is 7.90. The molecule has 1 aromatic rings. The van der Waals surface area contributed by atoms with Crippen molar-refractivity contribution in [3.8, 4) is 6.07 Å². The van der Waals surface area contributed by atoms with E-state index < -0.39 is 17.5 Å². The number of fused-ring (bicyclic) bond motifs is 2. The standard InChI is InChI=1S/C27H37N5O3/c1-26(2,3)14-21(29-23(33)22(31(4)5)12-17-10-11-17)24(34)32-16-27(13-18(32)15-28)19-8-6-7-9-20(19)30-25(27)35/h6-9,17-18,21-22H,10-14,16H2,1-5H3,(H,29,33)(H,30,35)/t18-,21-,22-,27-/m0/s1. The van der Waals surface area contributed by atoms with Crippen molar-refractivity contribution in [1.82, 2.24) is 15.1 Å². The number of benzene rings is 1. The van der Waals surface area contributed by atoms with Crippen LogP contribution in [0.1, 0.15) is 58.4 Å². The number of rotatable bonds is 7. The van der Waals surface area contributed by atoms with Crippen molar-refractivity contribution in [2.45, 2.75) is 76.4 Å². The molecule has 35 heavy (non-hydrogen) atoms. The summed E-state index contributed by atoms with van der Waals surface area (Å²) in [6.45, 7) is 6.21. The molecule has 1 aromatic carbocycles. The maximum atomic E-state index is 13.9. The molecule has 0 unspecified atom stereocenters. The lowest BCUT2D eigenvalue weighted by atomic mass is 9.80. The van der Waals surface area contributed by atoms with Crippen LogP contribution in [-0.2, 0) is 19.8 Å². The molecular weight excluding hydrogens is 442 g/mol. The Labute approximate surface area is 208 Å². The van der Waals surface area contributed by atoms with Crippen LogP contribution < -0.4 is 10.6 Å². The predicted octanol–water partition coefficient (Wildman–Crippen LogP) is 2.65. The van der Waals surface area contributed by atoms with Crippen molar-refractivity contribution in [2.75, 3.05) is 26.0 Å². The van der Waals surface area contributed by atoms with Crippen molar-refractivity contribution in [1.29, 1.82) is 5.26 Å². The maximum absolute atomic E-state index is 13.9. The molecule has 3 amide bonds. The third-order valence-electron chi connectivity index (χ3n) is 7.53. The Morgan fingerprint density at radius 1 is 1.29 bits per heavy atom. The summed E-state index contributed by atoms with van der Waals surface area (Å²) in [7, 11) is 3.78. The largest absolute Gasteiger partial charge is 0.343 e. The van der Waals surface area contributed by atoms with Crippen molar-refractivity contribution in [3.63, 3.8) is 0 Å². The molecule has 1 saturated heterocycles. The average molecular weight is 480 g/mol. The van der Waals surface area contributed by atoms with Gasteiger partial charge in [-0.3, -0.25) is 19.3 Å². The number of nitrogens with one attached hydrogen (secondary N) is 2.